The lowest BCUT2D eigenvalue weighted by molar-refractivity contribution is 0.144. The maximum absolute atomic E-state index is 13.6. The first kappa shape index (κ1) is 27.8. The lowest BCUT2D eigenvalue weighted by atomic mass is 10.2. The summed E-state index contributed by atoms with van der Waals surface area (Å²) in [7, 11) is -2.31. The number of aryl methyl sites for hydroxylation is 1. The van der Waals surface area contributed by atoms with Crippen LogP contribution in [0.15, 0.2) is 40.4 Å². The van der Waals surface area contributed by atoms with Crippen molar-refractivity contribution in [1.29, 1.82) is 0 Å². The van der Waals surface area contributed by atoms with Crippen molar-refractivity contribution in [1.82, 2.24) is 43.9 Å². The number of likely N-dealkylation sites (N-methyl/N-ethyl adjacent to an activating group) is 1. The molecule has 0 radical (unpaired) electrons. The molecule has 5 rings (SSSR count). The smallest absolute Gasteiger partial charge is 0.279 e. The van der Waals surface area contributed by atoms with Gasteiger partial charge in [0.05, 0.1) is 24.1 Å². The molecule has 0 amide bonds. The molecule has 0 aromatic carbocycles. The van der Waals surface area contributed by atoms with E-state index in [1.54, 1.807) is 25.6 Å². The number of aromatic nitrogens is 7. The summed E-state index contributed by atoms with van der Waals surface area (Å²) in [6.07, 6.45) is 4.92. The molecular formula is C25H31N9O5S. The zero-order chi connectivity index (χ0) is 28.3. The van der Waals surface area contributed by atoms with Crippen LogP contribution in [0.5, 0.6) is 5.88 Å². The lowest BCUT2D eigenvalue weighted by Gasteiger charge is -2.33. The molecule has 0 atom stereocenters. The number of H-pyrrole nitrogens is 1. The quantitative estimate of drug-likeness (QED) is 0.270. The molecule has 1 aliphatic rings. The number of piperazine rings is 1. The van der Waals surface area contributed by atoms with E-state index in [1.807, 2.05) is 13.8 Å². The largest absolute Gasteiger partial charge is 0.475 e. The molecule has 212 valence electrons. The molecule has 0 aliphatic carbocycles. The Morgan fingerprint density at radius 1 is 1.02 bits per heavy atom. The molecule has 1 aliphatic heterocycles. The second-order valence-corrected chi connectivity index (χ2v) is 11.0. The highest BCUT2D eigenvalue weighted by molar-refractivity contribution is 7.89. The van der Waals surface area contributed by atoms with Crippen LogP contribution >= 0.6 is 0 Å². The minimum Gasteiger partial charge on any atom is -0.475 e. The average molecular weight is 570 g/mol. The number of aromatic amines is 1. The second-order valence-electron chi connectivity index (χ2n) is 9.08. The Bertz CT molecular complexity index is 1650. The van der Waals surface area contributed by atoms with Crippen molar-refractivity contribution in [2.75, 3.05) is 53.0 Å². The summed E-state index contributed by atoms with van der Waals surface area (Å²) in [5.74, 6) is 0.527. The van der Waals surface area contributed by atoms with Gasteiger partial charge in [-0.25, -0.2) is 28.4 Å². The van der Waals surface area contributed by atoms with Gasteiger partial charge in [0.15, 0.2) is 5.52 Å². The van der Waals surface area contributed by atoms with Crippen LogP contribution in [0.1, 0.15) is 19.5 Å². The topological polar surface area (TPSA) is 161 Å². The van der Waals surface area contributed by atoms with E-state index in [0.717, 1.165) is 6.54 Å². The third kappa shape index (κ3) is 5.32. The SMILES string of the molecule is CCc1c2nc(-c3cc(S(=O)(=O)N4CCN(CC)CC4)cnc3OCCOC)[nH]c(=O)c2nn1-c1ncccn1. The summed E-state index contributed by atoms with van der Waals surface area (Å²) in [6.45, 7) is 7.31. The average Bonchev–Trinajstić information content (AvgIpc) is 3.37. The van der Waals surface area contributed by atoms with E-state index in [0.29, 0.717) is 49.8 Å². The molecule has 40 heavy (non-hydrogen) atoms. The molecule has 1 fully saturated rings. The van der Waals surface area contributed by atoms with E-state index >= 15 is 0 Å². The molecule has 0 bridgehead atoms. The van der Waals surface area contributed by atoms with Crippen molar-refractivity contribution in [3.63, 3.8) is 0 Å². The predicted molar refractivity (Wildman–Crippen MR) is 146 cm³/mol. The van der Waals surface area contributed by atoms with Crippen molar-refractivity contribution < 1.29 is 17.9 Å². The van der Waals surface area contributed by atoms with Crippen LogP contribution in [-0.2, 0) is 21.2 Å². The van der Waals surface area contributed by atoms with Gasteiger partial charge in [-0.1, -0.05) is 13.8 Å². The van der Waals surface area contributed by atoms with Gasteiger partial charge in [0.1, 0.15) is 22.8 Å². The molecule has 5 heterocycles. The van der Waals surface area contributed by atoms with Crippen molar-refractivity contribution in [2.24, 2.45) is 0 Å². The second kappa shape index (κ2) is 11.8. The molecule has 0 unspecified atom stereocenters. The van der Waals surface area contributed by atoms with Gasteiger partial charge < -0.3 is 19.4 Å². The molecule has 15 heteroatoms. The Kier molecular flexibility index (Phi) is 8.16. The van der Waals surface area contributed by atoms with Gasteiger partial charge >= 0.3 is 0 Å². The van der Waals surface area contributed by atoms with Crippen molar-refractivity contribution in [3.8, 4) is 23.2 Å². The highest BCUT2D eigenvalue weighted by atomic mass is 32.2. The normalized spacial score (nSPS) is 15.1. The van der Waals surface area contributed by atoms with E-state index < -0.39 is 15.6 Å². The van der Waals surface area contributed by atoms with Crippen LogP contribution in [0.4, 0.5) is 0 Å². The number of fused-ring (bicyclic) bond motifs is 1. The maximum atomic E-state index is 13.6. The molecule has 1 saturated heterocycles. The summed E-state index contributed by atoms with van der Waals surface area (Å²) < 4.78 is 40.9. The number of nitrogens with zero attached hydrogens (tertiary/aromatic N) is 8. The first-order valence-electron chi connectivity index (χ1n) is 13.0. The Balaban J connectivity index is 1.62. The fraction of sp³-hybridized carbons (Fsp3) is 0.440. The Morgan fingerprint density at radius 3 is 2.45 bits per heavy atom. The van der Waals surface area contributed by atoms with Gasteiger partial charge in [0, 0.05) is 45.7 Å². The Labute approximate surface area is 231 Å². The van der Waals surface area contributed by atoms with Gasteiger partial charge in [-0.2, -0.15) is 14.1 Å². The summed E-state index contributed by atoms with van der Waals surface area (Å²) in [5, 5.41) is 4.42. The van der Waals surface area contributed by atoms with Gasteiger partial charge in [-0.3, -0.25) is 4.79 Å². The molecular weight excluding hydrogens is 538 g/mol. The van der Waals surface area contributed by atoms with Crippen LogP contribution in [0.2, 0.25) is 0 Å². The summed E-state index contributed by atoms with van der Waals surface area (Å²) in [4.78, 5) is 35.7. The van der Waals surface area contributed by atoms with Crippen molar-refractivity contribution in [3.05, 3.63) is 46.8 Å². The van der Waals surface area contributed by atoms with Gasteiger partial charge in [-0.15, -0.1) is 0 Å². The van der Waals surface area contributed by atoms with E-state index in [9.17, 15) is 13.2 Å². The zero-order valence-corrected chi connectivity index (χ0v) is 23.4. The van der Waals surface area contributed by atoms with Crippen LogP contribution in [0.25, 0.3) is 28.4 Å². The monoisotopic (exact) mass is 569 g/mol. The third-order valence-electron chi connectivity index (χ3n) is 6.72. The first-order valence-corrected chi connectivity index (χ1v) is 14.4. The van der Waals surface area contributed by atoms with Gasteiger partial charge in [0.2, 0.25) is 15.9 Å². The number of hydrogen-bond donors (Lipinski definition) is 1. The molecule has 4 aromatic heterocycles. The van der Waals surface area contributed by atoms with Gasteiger partial charge in [0.25, 0.3) is 11.5 Å². The number of ether oxygens (including phenoxy) is 2. The van der Waals surface area contributed by atoms with Crippen molar-refractivity contribution >= 4 is 21.1 Å². The minimum atomic E-state index is -3.85. The molecule has 0 saturated carbocycles. The van der Waals surface area contributed by atoms with Gasteiger partial charge in [-0.05, 0) is 25.1 Å². The summed E-state index contributed by atoms with van der Waals surface area (Å²) in [6, 6.07) is 3.13. The number of rotatable bonds is 10. The molecule has 4 aromatic rings. The Hall–Kier alpha value is -3.79. The van der Waals surface area contributed by atoms with E-state index in [4.69, 9.17) is 14.5 Å². The fourth-order valence-corrected chi connectivity index (χ4v) is 5.94. The van der Waals surface area contributed by atoms with Crippen LogP contribution < -0.4 is 10.3 Å². The van der Waals surface area contributed by atoms with E-state index in [2.05, 4.69) is 29.9 Å². The summed E-state index contributed by atoms with van der Waals surface area (Å²) >= 11 is 0. The minimum absolute atomic E-state index is 0.0154. The Morgan fingerprint density at radius 2 is 1.77 bits per heavy atom. The number of nitrogens with one attached hydrogen (secondary N) is 1. The van der Waals surface area contributed by atoms with Crippen LogP contribution in [0, 0.1) is 0 Å². The number of sulfonamides is 1. The standard InChI is InChI=1S/C25H31N9O5S/c1-4-19-20-21(31-34(19)25-26-7-6-8-27-25)23(35)30-22(29-20)18-15-17(16-28-24(18)39-14-13-38-3)40(36,37)33-11-9-32(5-2)10-12-33/h6-8,15-16H,4-5,9-14H2,1-3H3,(H,29,30,35). The van der Waals surface area contributed by atoms with Crippen LogP contribution in [0.3, 0.4) is 0 Å². The highest BCUT2D eigenvalue weighted by Crippen LogP contribution is 2.30. The fourth-order valence-electron chi connectivity index (χ4n) is 4.55. The number of hydrogen-bond acceptors (Lipinski definition) is 11. The molecule has 14 nitrogen and oxygen atoms in total. The zero-order valence-electron chi connectivity index (χ0n) is 22.6. The summed E-state index contributed by atoms with van der Waals surface area (Å²) in [5.41, 5.74) is 0.812. The van der Waals surface area contributed by atoms with E-state index in [1.165, 1.54) is 21.3 Å². The highest BCUT2D eigenvalue weighted by Gasteiger charge is 2.30. The number of pyridine rings is 1. The van der Waals surface area contributed by atoms with Crippen molar-refractivity contribution in [2.45, 2.75) is 25.2 Å². The predicted octanol–water partition coefficient (Wildman–Crippen LogP) is 0.875. The first-order chi connectivity index (χ1) is 19.4. The molecule has 1 N–H and O–H groups in total. The maximum Gasteiger partial charge on any atom is 0.279 e. The molecule has 0 spiro atoms. The third-order valence-corrected chi connectivity index (χ3v) is 8.59. The van der Waals surface area contributed by atoms with E-state index in [-0.39, 0.29) is 40.9 Å². The number of methoxy groups -OCH3 is 1. The lowest BCUT2D eigenvalue weighted by Crippen LogP contribution is -2.48. The van der Waals surface area contributed by atoms with Crippen LogP contribution in [-0.4, -0.2) is 105 Å².